The van der Waals surface area contributed by atoms with Crippen molar-refractivity contribution in [3.05, 3.63) is 24.2 Å². The van der Waals surface area contributed by atoms with Crippen LogP contribution in [0.2, 0.25) is 0 Å². The van der Waals surface area contributed by atoms with Crippen molar-refractivity contribution in [2.45, 2.75) is 33.4 Å². The summed E-state index contributed by atoms with van der Waals surface area (Å²) >= 11 is 0. The average molecular weight is 281 g/mol. The van der Waals surface area contributed by atoms with Crippen LogP contribution in [0.15, 0.2) is 22.8 Å². The SMILES string of the molecule is CCN(Cc1ccco1)C(=O)CNC(=O)[C@@H](N)C(C)C. The first-order valence-corrected chi connectivity index (χ1v) is 6.79. The maximum Gasteiger partial charge on any atom is 0.242 e. The van der Waals surface area contributed by atoms with Gasteiger partial charge in [-0.2, -0.15) is 0 Å². The summed E-state index contributed by atoms with van der Waals surface area (Å²) in [7, 11) is 0. The van der Waals surface area contributed by atoms with E-state index in [-0.39, 0.29) is 24.3 Å². The molecule has 1 aromatic rings. The maximum absolute atomic E-state index is 12.0. The molecule has 0 aromatic carbocycles. The van der Waals surface area contributed by atoms with Gasteiger partial charge in [-0.05, 0) is 25.0 Å². The molecular weight excluding hydrogens is 258 g/mol. The van der Waals surface area contributed by atoms with E-state index in [4.69, 9.17) is 10.2 Å². The van der Waals surface area contributed by atoms with Crippen LogP contribution in [0.3, 0.4) is 0 Å². The third-order valence-electron chi connectivity index (χ3n) is 3.10. The van der Waals surface area contributed by atoms with Gasteiger partial charge in [0.15, 0.2) is 0 Å². The van der Waals surface area contributed by atoms with Gasteiger partial charge < -0.3 is 20.4 Å². The molecule has 1 rings (SSSR count). The standard InChI is InChI=1S/C14H23N3O3/c1-4-17(9-11-6-5-7-20-11)12(18)8-16-14(19)13(15)10(2)3/h5-7,10,13H,4,8-9,15H2,1-3H3,(H,16,19)/t13-/m0/s1. The smallest absolute Gasteiger partial charge is 0.242 e. The van der Waals surface area contributed by atoms with Gasteiger partial charge >= 0.3 is 0 Å². The molecule has 112 valence electrons. The molecule has 1 atom stereocenters. The van der Waals surface area contributed by atoms with Crippen molar-refractivity contribution >= 4 is 11.8 Å². The van der Waals surface area contributed by atoms with E-state index in [1.165, 1.54) is 0 Å². The van der Waals surface area contributed by atoms with Gasteiger partial charge in [0.2, 0.25) is 11.8 Å². The van der Waals surface area contributed by atoms with Crippen LogP contribution < -0.4 is 11.1 Å². The Bertz CT molecular complexity index is 429. The number of carbonyl (C=O) groups is 2. The largest absolute Gasteiger partial charge is 0.467 e. The zero-order valence-corrected chi connectivity index (χ0v) is 12.3. The van der Waals surface area contributed by atoms with E-state index in [1.54, 1.807) is 17.2 Å². The summed E-state index contributed by atoms with van der Waals surface area (Å²) < 4.78 is 5.21. The summed E-state index contributed by atoms with van der Waals surface area (Å²) in [5.41, 5.74) is 5.71. The van der Waals surface area contributed by atoms with Gasteiger partial charge in [-0.3, -0.25) is 9.59 Å². The summed E-state index contributed by atoms with van der Waals surface area (Å²) in [6.07, 6.45) is 1.57. The Morgan fingerprint density at radius 2 is 2.15 bits per heavy atom. The van der Waals surface area contributed by atoms with E-state index < -0.39 is 6.04 Å². The average Bonchev–Trinajstić information content (AvgIpc) is 2.93. The first-order valence-electron chi connectivity index (χ1n) is 6.79. The quantitative estimate of drug-likeness (QED) is 0.771. The van der Waals surface area contributed by atoms with Gasteiger partial charge in [0, 0.05) is 6.54 Å². The fourth-order valence-corrected chi connectivity index (χ4v) is 1.66. The van der Waals surface area contributed by atoms with Gasteiger partial charge in [0.1, 0.15) is 5.76 Å². The lowest BCUT2D eigenvalue weighted by Gasteiger charge is -2.21. The number of likely N-dealkylation sites (N-methyl/N-ethyl adjacent to an activating group) is 1. The van der Waals surface area contributed by atoms with Crippen molar-refractivity contribution < 1.29 is 14.0 Å². The highest BCUT2D eigenvalue weighted by Crippen LogP contribution is 2.05. The third kappa shape index (κ3) is 4.70. The molecule has 0 saturated heterocycles. The van der Waals surface area contributed by atoms with Crippen LogP contribution in [0, 0.1) is 5.92 Å². The Hall–Kier alpha value is -1.82. The highest BCUT2D eigenvalue weighted by atomic mass is 16.3. The maximum atomic E-state index is 12.0. The first-order chi connectivity index (χ1) is 9.45. The van der Waals surface area contributed by atoms with Gasteiger partial charge in [-0.1, -0.05) is 13.8 Å². The topological polar surface area (TPSA) is 88.6 Å². The summed E-state index contributed by atoms with van der Waals surface area (Å²) in [5.74, 6) is 0.288. The second kappa shape index (κ2) is 7.69. The highest BCUT2D eigenvalue weighted by Gasteiger charge is 2.19. The molecule has 0 aliphatic carbocycles. The molecule has 1 heterocycles. The number of rotatable bonds is 7. The van der Waals surface area contributed by atoms with Crippen LogP contribution in [0.5, 0.6) is 0 Å². The van der Waals surface area contributed by atoms with E-state index in [9.17, 15) is 9.59 Å². The fraction of sp³-hybridized carbons (Fsp3) is 0.571. The molecule has 0 bridgehead atoms. The van der Waals surface area contributed by atoms with E-state index in [1.807, 2.05) is 26.8 Å². The number of furan rings is 1. The molecular formula is C14H23N3O3. The number of hydrogen-bond donors (Lipinski definition) is 2. The van der Waals surface area contributed by atoms with Crippen LogP contribution in [0.4, 0.5) is 0 Å². The molecule has 0 aliphatic rings. The first kappa shape index (κ1) is 16.2. The zero-order valence-electron chi connectivity index (χ0n) is 12.3. The minimum Gasteiger partial charge on any atom is -0.467 e. The van der Waals surface area contributed by atoms with Crippen LogP contribution in [-0.2, 0) is 16.1 Å². The zero-order chi connectivity index (χ0) is 15.1. The van der Waals surface area contributed by atoms with E-state index in [2.05, 4.69) is 5.32 Å². The lowest BCUT2D eigenvalue weighted by Crippen LogP contribution is -2.47. The number of nitrogens with one attached hydrogen (secondary N) is 1. The molecule has 6 heteroatoms. The van der Waals surface area contributed by atoms with Crippen molar-refractivity contribution in [3.8, 4) is 0 Å². The Morgan fingerprint density at radius 3 is 2.65 bits per heavy atom. The third-order valence-corrected chi connectivity index (χ3v) is 3.10. The molecule has 0 unspecified atom stereocenters. The predicted molar refractivity (Wildman–Crippen MR) is 75.6 cm³/mol. The molecule has 3 N–H and O–H groups in total. The number of carbonyl (C=O) groups excluding carboxylic acids is 2. The van der Waals surface area contributed by atoms with Gasteiger partial charge in [-0.15, -0.1) is 0 Å². The van der Waals surface area contributed by atoms with E-state index in [0.29, 0.717) is 18.8 Å². The van der Waals surface area contributed by atoms with Crippen LogP contribution in [0.1, 0.15) is 26.5 Å². The highest BCUT2D eigenvalue weighted by molar-refractivity contribution is 5.87. The Labute approximate surface area is 119 Å². The monoisotopic (exact) mass is 281 g/mol. The number of nitrogens with two attached hydrogens (primary N) is 1. The lowest BCUT2D eigenvalue weighted by atomic mass is 10.1. The predicted octanol–water partition coefficient (Wildman–Crippen LogP) is 0.728. The van der Waals surface area contributed by atoms with E-state index >= 15 is 0 Å². The Balaban J connectivity index is 2.45. The Morgan fingerprint density at radius 1 is 1.45 bits per heavy atom. The molecule has 2 amide bonds. The van der Waals surface area contributed by atoms with Crippen LogP contribution >= 0.6 is 0 Å². The molecule has 0 aliphatic heterocycles. The summed E-state index contributed by atoms with van der Waals surface area (Å²) in [6.45, 7) is 6.50. The lowest BCUT2D eigenvalue weighted by molar-refractivity contribution is -0.133. The van der Waals surface area contributed by atoms with Crippen molar-refractivity contribution in [2.75, 3.05) is 13.1 Å². The second-order valence-electron chi connectivity index (χ2n) is 4.97. The number of nitrogens with zero attached hydrogens (tertiary/aromatic N) is 1. The minimum atomic E-state index is -0.594. The molecule has 20 heavy (non-hydrogen) atoms. The van der Waals surface area contributed by atoms with Crippen molar-refractivity contribution in [1.29, 1.82) is 0 Å². The molecule has 0 radical (unpaired) electrons. The summed E-state index contributed by atoms with van der Waals surface area (Å²) in [5, 5.41) is 2.57. The Kier molecular flexibility index (Phi) is 6.24. The summed E-state index contributed by atoms with van der Waals surface area (Å²) in [4.78, 5) is 25.3. The normalized spacial score (nSPS) is 12.2. The molecule has 1 aromatic heterocycles. The van der Waals surface area contributed by atoms with E-state index in [0.717, 1.165) is 0 Å². The molecule has 0 spiro atoms. The van der Waals surface area contributed by atoms with Crippen molar-refractivity contribution in [3.63, 3.8) is 0 Å². The van der Waals surface area contributed by atoms with Gasteiger partial charge in [0.05, 0.1) is 25.4 Å². The second-order valence-corrected chi connectivity index (χ2v) is 4.97. The van der Waals surface area contributed by atoms with Gasteiger partial charge in [0.25, 0.3) is 0 Å². The summed E-state index contributed by atoms with van der Waals surface area (Å²) in [6, 6.07) is 2.99. The number of hydrogen-bond acceptors (Lipinski definition) is 4. The molecule has 0 saturated carbocycles. The minimum absolute atomic E-state index is 0.0375. The molecule has 0 fully saturated rings. The van der Waals surface area contributed by atoms with Crippen LogP contribution in [0.25, 0.3) is 0 Å². The van der Waals surface area contributed by atoms with Crippen molar-refractivity contribution in [2.24, 2.45) is 11.7 Å². The van der Waals surface area contributed by atoms with Crippen LogP contribution in [-0.4, -0.2) is 35.8 Å². The number of amides is 2. The van der Waals surface area contributed by atoms with Crippen molar-refractivity contribution in [1.82, 2.24) is 10.2 Å². The fourth-order valence-electron chi connectivity index (χ4n) is 1.66. The van der Waals surface area contributed by atoms with Gasteiger partial charge in [-0.25, -0.2) is 0 Å². The molecule has 6 nitrogen and oxygen atoms in total.